The lowest BCUT2D eigenvalue weighted by atomic mass is 10.1. The summed E-state index contributed by atoms with van der Waals surface area (Å²) in [5.74, 6) is -1.03. The number of carbonyl (C=O) groups is 1. The van der Waals surface area contributed by atoms with Crippen LogP contribution in [0.5, 0.6) is 0 Å². The molecule has 0 aliphatic rings. The van der Waals surface area contributed by atoms with Crippen LogP contribution >= 0.6 is 15.9 Å². The van der Waals surface area contributed by atoms with Gasteiger partial charge in [-0.3, -0.25) is 4.68 Å². The summed E-state index contributed by atoms with van der Waals surface area (Å²) < 4.78 is 2.27. The fourth-order valence-corrected chi connectivity index (χ4v) is 2.64. The maximum atomic E-state index is 11.2. The molecule has 0 fully saturated rings. The van der Waals surface area contributed by atoms with Crippen LogP contribution in [0.3, 0.4) is 0 Å². The van der Waals surface area contributed by atoms with E-state index in [1.165, 1.54) is 0 Å². The third-order valence-electron chi connectivity index (χ3n) is 2.84. The van der Waals surface area contributed by atoms with E-state index < -0.39 is 5.97 Å². The van der Waals surface area contributed by atoms with Crippen LogP contribution < -0.4 is 0 Å². The highest BCUT2D eigenvalue weighted by molar-refractivity contribution is 9.10. The average molecular weight is 323 g/mol. The van der Waals surface area contributed by atoms with Gasteiger partial charge in [0.2, 0.25) is 0 Å². The van der Waals surface area contributed by atoms with Crippen molar-refractivity contribution in [3.8, 4) is 11.3 Å². The second-order valence-electron chi connectivity index (χ2n) is 4.72. The summed E-state index contributed by atoms with van der Waals surface area (Å²) in [7, 11) is 0. The average Bonchev–Trinajstić information content (AvgIpc) is 2.67. The molecule has 0 radical (unpaired) electrons. The predicted octanol–water partition coefficient (Wildman–Crippen LogP) is 3.90. The predicted molar refractivity (Wildman–Crippen MR) is 77.4 cm³/mol. The van der Waals surface area contributed by atoms with Crippen LogP contribution in [-0.2, 0) is 0 Å². The van der Waals surface area contributed by atoms with E-state index in [1.54, 1.807) is 4.68 Å². The van der Waals surface area contributed by atoms with Crippen LogP contribution in [0.1, 0.15) is 35.9 Å². The summed E-state index contributed by atoms with van der Waals surface area (Å²) in [6.45, 7) is 5.96. The van der Waals surface area contributed by atoms with Gasteiger partial charge < -0.3 is 5.11 Å². The molecule has 1 N–H and O–H groups in total. The van der Waals surface area contributed by atoms with Crippen molar-refractivity contribution in [3.63, 3.8) is 0 Å². The van der Waals surface area contributed by atoms with Gasteiger partial charge in [-0.05, 0) is 42.8 Å². The molecule has 0 saturated carbocycles. The number of carboxylic acids is 1. The van der Waals surface area contributed by atoms with Crippen molar-refractivity contribution in [2.24, 2.45) is 0 Å². The van der Waals surface area contributed by atoms with Crippen molar-refractivity contribution in [2.45, 2.75) is 26.8 Å². The van der Waals surface area contributed by atoms with Crippen LogP contribution in [0.2, 0.25) is 0 Å². The smallest absolute Gasteiger partial charge is 0.357 e. The molecule has 0 bridgehead atoms. The minimum absolute atomic E-state index is 0.0465. The summed E-state index contributed by atoms with van der Waals surface area (Å²) in [6.07, 6.45) is 0. The van der Waals surface area contributed by atoms with Crippen LogP contribution in [0.15, 0.2) is 28.7 Å². The third-order valence-corrected chi connectivity index (χ3v) is 3.59. The Morgan fingerprint density at radius 1 is 1.42 bits per heavy atom. The van der Waals surface area contributed by atoms with Gasteiger partial charge in [-0.25, -0.2) is 4.79 Å². The number of carboxylic acid groups (broad SMARTS) is 1. The second-order valence-corrected chi connectivity index (χ2v) is 5.52. The Kier molecular flexibility index (Phi) is 3.75. The lowest BCUT2D eigenvalue weighted by molar-refractivity contribution is 0.0688. The third kappa shape index (κ3) is 2.56. The number of rotatable bonds is 3. The molecule has 1 aromatic heterocycles. The van der Waals surface area contributed by atoms with Crippen molar-refractivity contribution < 1.29 is 9.90 Å². The molecule has 0 spiro atoms. The fraction of sp³-hybridized carbons (Fsp3) is 0.286. The number of halogens is 1. The van der Waals surface area contributed by atoms with E-state index in [2.05, 4.69) is 21.0 Å². The quantitative estimate of drug-likeness (QED) is 0.932. The molecular formula is C14H15BrN2O2. The van der Waals surface area contributed by atoms with Crippen molar-refractivity contribution in [1.82, 2.24) is 9.78 Å². The van der Waals surface area contributed by atoms with Crippen molar-refractivity contribution >= 4 is 21.9 Å². The summed E-state index contributed by atoms with van der Waals surface area (Å²) >= 11 is 3.37. The molecule has 0 atom stereocenters. The van der Waals surface area contributed by atoms with Crippen molar-refractivity contribution in [3.05, 3.63) is 40.0 Å². The number of aromatic nitrogens is 2. The lowest BCUT2D eigenvalue weighted by Gasteiger charge is -2.11. The van der Waals surface area contributed by atoms with Gasteiger partial charge in [0.1, 0.15) is 0 Å². The molecule has 100 valence electrons. The first-order valence-corrected chi connectivity index (χ1v) is 6.79. The highest BCUT2D eigenvalue weighted by Crippen LogP contribution is 2.33. The number of nitrogens with zero attached hydrogens (tertiary/aromatic N) is 2. The molecule has 0 aliphatic carbocycles. The van der Waals surface area contributed by atoms with Crippen LogP contribution in [0.4, 0.5) is 0 Å². The van der Waals surface area contributed by atoms with E-state index in [0.717, 1.165) is 16.8 Å². The molecule has 2 rings (SSSR count). The Bertz CT molecular complexity index is 632. The van der Waals surface area contributed by atoms with Gasteiger partial charge in [0, 0.05) is 11.6 Å². The van der Waals surface area contributed by atoms with Gasteiger partial charge in [0.25, 0.3) is 0 Å². The van der Waals surface area contributed by atoms with Crippen LogP contribution in [-0.4, -0.2) is 20.9 Å². The number of benzene rings is 1. The Hall–Kier alpha value is -1.62. The molecule has 5 heteroatoms. The minimum atomic E-state index is -1.03. The molecule has 0 aliphatic heterocycles. The van der Waals surface area contributed by atoms with Gasteiger partial charge in [-0.2, -0.15) is 5.10 Å². The van der Waals surface area contributed by atoms with E-state index in [1.807, 2.05) is 45.0 Å². The van der Waals surface area contributed by atoms with Gasteiger partial charge in [-0.1, -0.05) is 23.8 Å². The first kappa shape index (κ1) is 13.8. The lowest BCUT2D eigenvalue weighted by Crippen LogP contribution is -2.06. The van der Waals surface area contributed by atoms with E-state index >= 15 is 0 Å². The van der Waals surface area contributed by atoms with Gasteiger partial charge in [0.05, 0.1) is 10.2 Å². The van der Waals surface area contributed by atoms with E-state index in [9.17, 15) is 9.90 Å². The SMILES string of the molecule is Cc1cccc(-c2c(Br)c(C(=O)O)nn2C(C)C)c1. The topological polar surface area (TPSA) is 55.1 Å². The summed E-state index contributed by atoms with van der Waals surface area (Å²) in [5.41, 5.74) is 2.93. The van der Waals surface area contributed by atoms with E-state index in [0.29, 0.717) is 4.47 Å². The van der Waals surface area contributed by atoms with Crippen molar-refractivity contribution in [2.75, 3.05) is 0 Å². The van der Waals surface area contributed by atoms with Gasteiger partial charge >= 0.3 is 5.97 Å². The fourth-order valence-electron chi connectivity index (χ4n) is 1.98. The Balaban J connectivity index is 2.71. The summed E-state index contributed by atoms with van der Waals surface area (Å²) in [4.78, 5) is 11.2. The maximum Gasteiger partial charge on any atom is 0.357 e. The first-order chi connectivity index (χ1) is 8.91. The normalized spacial score (nSPS) is 11.0. The number of hydrogen-bond donors (Lipinski definition) is 1. The minimum Gasteiger partial charge on any atom is -0.476 e. The zero-order valence-electron chi connectivity index (χ0n) is 11.0. The standard InChI is InChI=1S/C14H15BrN2O2/c1-8(2)17-13(10-6-4-5-9(3)7-10)11(15)12(16-17)14(18)19/h4-8H,1-3H3,(H,18,19). The highest BCUT2D eigenvalue weighted by Gasteiger charge is 2.23. The Morgan fingerprint density at radius 2 is 2.11 bits per heavy atom. The maximum absolute atomic E-state index is 11.2. The highest BCUT2D eigenvalue weighted by atomic mass is 79.9. The first-order valence-electron chi connectivity index (χ1n) is 6.00. The summed E-state index contributed by atoms with van der Waals surface area (Å²) in [5, 5.41) is 13.4. The number of hydrogen-bond acceptors (Lipinski definition) is 2. The number of aryl methyl sites for hydroxylation is 1. The molecule has 0 amide bonds. The van der Waals surface area contributed by atoms with Crippen LogP contribution in [0.25, 0.3) is 11.3 Å². The van der Waals surface area contributed by atoms with Crippen molar-refractivity contribution in [1.29, 1.82) is 0 Å². The zero-order chi connectivity index (χ0) is 14.2. The van der Waals surface area contributed by atoms with E-state index in [4.69, 9.17) is 0 Å². The Labute approximate surface area is 120 Å². The largest absolute Gasteiger partial charge is 0.476 e. The van der Waals surface area contributed by atoms with Gasteiger partial charge in [-0.15, -0.1) is 0 Å². The van der Waals surface area contributed by atoms with Crippen LogP contribution in [0, 0.1) is 6.92 Å². The van der Waals surface area contributed by atoms with E-state index in [-0.39, 0.29) is 11.7 Å². The second kappa shape index (κ2) is 5.17. The number of aromatic carboxylic acids is 1. The Morgan fingerprint density at radius 3 is 2.63 bits per heavy atom. The zero-order valence-corrected chi connectivity index (χ0v) is 12.6. The molecule has 19 heavy (non-hydrogen) atoms. The molecule has 0 saturated heterocycles. The molecule has 1 aromatic carbocycles. The molecular weight excluding hydrogens is 308 g/mol. The monoisotopic (exact) mass is 322 g/mol. The summed E-state index contributed by atoms with van der Waals surface area (Å²) in [6, 6.07) is 8.02. The van der Waals surface area contributed by atoms with Gasteiger partial charge in [0.15, 0.2) is 5.69 Å². The molecule has 1 heterocycles. The molecule has 4 nitrogen and oxygen atoms in total. The molecule has 0 unspecified atom stereocenters. The molecule has 2 aromatic rings.